The molecule has 0 saturated heterocycles. The van der Waals surface area contributed by atoms with Crippen molar-refractivity contribution in [3.63, 3.8) is 0 Å². The van der Waals surface area contributed by atoms with Gasteiger partial charge in [0.1, 0.15) is 6.34 Å². The Morgan fingerprint density at radius 1 is 1.56 bits per heavy atom. The summed E-state index contributed by atoms with van der Waals surface area (Å²) in [6.07, 6.45) is 5.53. The van der Waals surface area contributed by atoms with Crippen LogP contribution < -0.4 is 5.43 Å². The molecule has 0 aromatic rings. The molecule has 1 heterocycles. The lowest BCUT2D eigenvalue weighted by molar-refractivity contribution is 0.458. The molecule has 0 unspecified atom stereocenters. The molecule has 1 N–H and O–H groups in total. The van der Waals surface area contributed by atoms with Crippen molar-refractivity contribution >= 4 is 6.34 Å². The third kappa shape index (κ3) is 1.45. The Hall–Kier alpha value is -0.990. The van der Waals surface area contributed by atoms with Crippen LogP contribution in [0.25, 0.3) is 0 Å². The summed E-state index contributed by atoms with van der Waals surface area (Å²) in [5.74, 6) is 0. The first-order valence-electron chi connectivity index (χ1n) is 3.03. The van der Waals surface area contributed by atoms with Gasteiger partial charge in [-0.1, -0.05) is 0 Å². The van der Waals surface area contributed by atoms with Gasteiger partial charge in [0.25, 0.3) is 0 Å². The van der Waals surface area contributed by atoms with Crippen molar-refractivity contribution < 1.29 is 0 Å². The predicted octanol–water partition coefficient (Wildman–Crippen LogP) is 0.714. The van der Waals surface area contributed by atoms with Crippen molar-refractivity contribution in [3.05, 3.63) is 12.4 Å². The van der Waals surface area contributed by atoms with E-state index in [0.717, 1.165) is 0 Å². The van der Waals surface area contributed by atoms with Crippen molar-refractivity contribution in [3.8, 4) is 0 Å². The summed E-state index contributed by atoms with van der Waals surface area (Å²) in [7, 11) is 0. The number of nitrogens with one attached hydrogen (secondary N) is 1. The average Bonchev–Trinajstić information content (AvgIpc) is 1.90. The van der Waals surface area contributed by atoms with E-state index in [9.17, 15) is 0 Å². The minimum Gasteiger partial charge on any atom is -0.334 e. The third-order valence-corrected chi connectivity index (χ3v) is 1.18. The van der Waals surface area contributed by atoms with E-state index in [1.54, 1.807) is 12.5 Å². The average molecular weight is 125 g/mol. The van der Waals surface area contributed by atoms with Gasteiger partial charge in [0.05, 0.1) is 0 Å². The summed E-state index contributed by atoms with van der Waals surface area (Å²) >= 11 is 0. The van der Waals surface area contributed by atoms with E-state index in [-0.39, 0.29) is 0 Å². The largest absolute Gasteiger partial charge is 0.334 e. The van der Waals surface area contributed by atoms with E-state index >= 15 is 0 Å². The second-order valence-corrected chi connectivity index (χ2v) is 2.23. The Bertz CT molecular complexity index is 125. The first-order chi connectivity index (χ1) is 4.30. The molecule has 0 aliphatic carbocycles. The molecular weight excluding hydrogens is 114 g/mol. The number of nitrogens with zero attached hydrogens (tertiary/aromatic N) is 2. The molecule has 0 aromatic heterocycles. The fourth-order valence-corrected chi connectivity index (χ4v) is 0.606. The van der Waals surface area contributed by atoms with Crippen LogP contribution in [0, 0.1) is 0 Å². The molecule has 0 aromatic carbocycles. The highest BCUT2D eigenvalue weighted by atomic mass is 15.4. The van der Waals surface area contributed by atoms with Crippen molar-refractivity contribution in [2.24, 2.45) is 5.10 Å². The van der Waals surface area contributed by atoms with Crippen LogP contribution in [0.5, 0.6) is 0 Å². The Labute approximate surface area is 55.0 Å². The molecule has 0 radical (unpaired) electrons. The predicted molar refractivity (Wildman–Crippen MR) is 37.7 cm³/mol. The molecule has 0 atom stereocenters. The number of rotatable bonds is 1. The fraction of sp³-hybridized carbons (Fsp3) is 0.500. The van der Waals surface area contributed by atoms with Gasteiger partial charge in [-0.25, -0.2) is 0 Å². The molecule has 3 nitrogen and oxygen atoms in total. The van der Waals surface area contributed by atoms with Crippen molar-refractivity contribution in [1.29, 1.82) is 0 Å². The molecule has 3 heteroatoms. The Balaban J connectivity index is 2.49. The second-order valence-electron chi connectivity index (χ2n) is 2.23. The summed E-state index contributed by atoms with van der Waals surface area (Å²) in [5, 5.41) is 3.84. The van der Waals surface area contributed by atoms with Gasteiger partial charge in [0.15, 0.2) is 0 Å². The summed E-state index contributed by atoms with van der Waals surface area (Å²) in [6, 6.07) is 0.493. The zero-order valence-corrected chi connectivity index (χ0v) is 5.70. The molecular formula is C6H11N3. The molecule has 0 spiro atoms. The highest BCUT2D eigenvalue weighted by Gasteiger charge is 2.00. The van der Waals surface area contributed by atoms with E-state index in [2.05, 4.69) is 24.4 Å². The summed E-state index contributed by atoms with van der Waals surface area (Å²) < 4.78 is 0. The van der Waals surface area contributed by atoms with Crippen LogP contribution in [-0.4, -0.2) is 17.3 Å². The van der Waals surface area contributed by atoms with Crippen LogP contribution in [-0.2, 0) is 0 Å². The molecule has 0 bridgehead atoms. The lowest BCUT2D eigenvalue weighted by Crippen LogP contribution is -2.27. The summed E-state index contributed by atoms with van der Waals surface area (Å²) in [5.41, 5.74) is 2.72. The van der Waals surface area contributed by atoms with Gasteiger partial charge in [-0.3, -0.25) is 5.43 Å². The smallest absolute Gasteiger partial charge is 0.115 e. The van der Waals surface area contributed by atoms with Gasteiger partial charge in [0.2, 0.25) is 0 Å². The second kappa shape index (κ2) is 2.53. The van der Waals surface area contributed by atoms with E-state index in [4.69, 9.17) is 0 Å². The molecule has 0 fully saturated rings. The molecule has 1 aliphatic rings. The van der Waals surface area contributed by atoms with Crippen molar-refractivity contribution in [2.75, 3.05) is 0 Å². The Kier molecular flexibility index (Phi) is 1.72. The van der Waals surface area contributed by atoms with Gasteiger partial charge in [-0.15, -0.1) is 0 Å². The fourth-order valence-electron chi connectivity index (χ4n) is 0.606. The van der Waals surface area contributed by atoms with Crippen LogP contribution in [0.2, 0.25) is 0 Å². The molecule has 50 valence electrons. The maximum absolute atomic E-state index is 3.84. The summed E-state index contributed by atoms with van der Waals surface area (Å²) in [4.78, 5) is 2.02. The van der Waals surface area contributed by atoms with Crippen LogP contribution in [0.15, 0.2) is 17.5 Å². The zero-order chi connectivity index (χ0) is 6.69. The van der Waals surface area contributed by atoms with E-state index < -0.39 is 0 Å². The van der Waals surface area contributed by atoms with Crippen LogP contribution >= 0.6 is 0 Å². The van der Waals surface area contributed by atoms with E-state index in [1.807, 2.05) is 11.1 Å². The minimum absolute atomic E-state index is 0.493. The highest BCUT2D eigenvalue weighted by Crippen LogP contribution is 1.96. The van der Waals surface area contributed by atoms with Crippen molar-refractivity contribution in [1.82, 2.24) is 10.3 Å². The monoisotopic (exact) mass is 125 g/mol. The first kappa shape index (κ1) is 6.13. The molecule has 9 heavy (non-hydrogen) atoms. The van der Waals surface area contributed by atoms with Gasteiger partial charge >= 0.3 is 0 Å². The van der Waals surface area contributed by atoms with Gasteiger partial charge in [-0.2, -0.15) is 5.10 Å². The standard InChI is InChI=1S/C6H11N3/c1-6(2)9-4-3-7-8-5-9/h3-7H,1-2H3. The van der Waals surface area contributed by atoms with Gasteiger partial charge in [0, 0.05) is 18.4 Å². The van der Waals surface area contributed by atoms with Crippen molar-refractivity contribution in [2.45, 2.75) is 19.9 Å². The van der Waals surface area contributed by atoms with Crippen LogP contribution in [0.3, 0.4) is 0 Å². The van der Waals surface area contributed by atoms with E-state index in [1.165, 1.54) is 0 Å². The lowest BCUT2D eigenvalue weighted by atomic mass is 10.4. The van der Waals surface area contributed by atoms with E-state index in [0.29, 0.717) is 6.04 Å². The number of hydrazone groups is 1. The Morgan fingerprint density at radius 2 is 2.33 bits per heavy atom. The number of hydrogen-bond acceptors (Lipinski definition) is 3. The Morgan fingerprint density at radius 3 is 2.67 bits per heavy atom. The summed E-state index contributed by atoms with van der Waals surface area (Å²) in [6.45, 7) is 4.23. The zero-order valence-electron chi connectivity index (χ0n) is 5.70. The van der Waals surface area contributed by atoms with Crippen LogP contribution in [0.4, 0.5) is 0 Å². The molecule has 0 saturated carbocycles. The molecule has 0 amide bonds. The normalized spacial score (nSPS) is 16.6. The third-order valence-electron chi connectivity index (χ3n) is 1.18. The number of hydrogen-bond donors (Lipinski definition) is 1. The highest BCUT2D eigenvalue weighted by molar-refractivity contribution is 5.57. The maximum atomic E-state index is 3.84. The molecule has 1 aliphatic heterocycles. The van der Waals surface area contributed by atoms with Gasteiger partial charge in [-0.05, 0) is 13.8 Å². The topological polar surface area (TPSA) is 27.6 Å². The first-order valence-corrected chi connectivity index (χ1v) is 3.03. The van der Waals surface area contributed by atoms with Crippen LogP contribution in [0.1, 0.15) is 13.8 Å². The van der Waals surface area contributed by atoms with Gasteiger partial charge < -0.3 is 4.90 Å². The molecule has 1 rings (SSSR count). The maximum Gasteiger partial charge on any atom is 0.115 e. The SMILES string of the molecule is CC(C)N1C=CNN=C1. The lowest BCUT2D eigenvalue weighted by Gasteiger charge is -2.20. The minimum atomic E-state index is 0.493. The quantitative estimate of drug-likeness (QED) is 0.559.